The van der Waals surface area contributed by atoms with Gasteiger partial charge >= 0.3 is 0 Å². The molecule has 0 unspecified atom stereocenters. The Labute approximate surface area is 97.6 Å². The summed E-state index contributed by atoms with van der Waals surface area (Å²) in [6.07, 6.45) is 10.4. The van der Waals surface area contributed by atoms with Crippen LogP contribution in [0.5, 0.6) is 0 Å². The molecule has 0 atom stereocenters. The fraction of sp³-hybridized carbons (Fsp3) is 0.615. The summed E-state index contributed by atoms with van der Waals surface area (Å²) in [7, 11) is 1.68. The van der Waals surface area contributed by atoms with Crippen LogP contribution in [0.3, 0.4) is 0 Å². The number of methoxy groups -OCH3 is 1. The molecule has 0 aliphatic heterocycles. The fourth-order valence-electron chi connectivity index (χ4n) is 1.28. The Bertz CT molecular complexity index is 276. The van der Waals surface area contributed by atoms with Crippen LogP contribution in [0.1, 0.15) is 32.6 Å². The van der Waals surface area contributed by atoms with Crippen molar-refractivity contribution >= 4 is 5.91 Å². The van der Waals surface area contributed by atoms with E-state index >= 15 is 0 Å². The maximum absolute atomic E-state index is 11.4. The van der Waals surface area contributed by atoms with Crippen LogP contribution in [0.2, 0.25) is 0 Å². The van der Waals surface area contributed by atoms with Crippen molar-refractivity contribution in [3.8, 4) is 0 Å². The summed E-state index contributed by atoms with van der Waals surface area (Å²) < 4.78 is 4.54. The van der Waals surface area contributed by atoms with E-state index < -0.39 is 0 Å². The zero-order valence-electron chi connectivity index (χ0n) is 10.2. The van der Waals surface area contributed by atoms with Crippen LogP contribution in [-0.2, 0) is 9.53 Å². The lowest BCUT2D eigenvalue weighted by molar-refractivity contribution is -0.117. The van der Waals surface area contributed by atoms with Crippen LogP contribution >= 0.6 is 0 Å². The zero-order chi connectivity index (χ0) is 11.8. The molecule has 1 fully saturated rings. The molecule has 0 aromatic carbocycles. The quantitative estimate of drug-likeness (QED) is 0.796. The van der Waals surface area contributed by atoms with E-state index in [1.54, 1.807) is 7.11 Å². The molecular weight excluding hydrogens is 202 g/mol. The molecule has 1 saturated carbocycles. The average molecular weight is 223 g/mol. The van der Waals surface area contributed by atoms with E-state index in [4.69, 9.17) is 0 Å². The van der Waals surface area contributed by atoms with E-state index in [-0.39, 0.29) is 5.91 Å². The van der Waals surface area contributed by atoms with Gasteiger partial charge in [0.1, 0.15) is 0 Å². The number of carbonyl (C=O) groups is 1. The van der Waals surface area contributed by atoms with Crippen molar-refractivity contribution in [2.45, 2.75) is 38.6 Å². The maximum atomic E-state index is 11.4. The average Bonchev–Trinajstić information content (AvgIpc) is 3.14. The van der Waals surface area contributed by atoms with Crippen LogP contribution in [0, 0.1) is 0 Å². The van der Waals surface area contributed by atoms with Crippen molar-refractivity contribution in [3.63, 3.8) is 0 Å². The van der Waals surface area contributed by atoms with E-state index in [1.807, 2.05) is 19.1 Å². The molecule has 0 aromatic rings. The lowest BCUT2D eigenvalue weighted by Gasteiger charge is -2.06. The largest absolute Gasteiger partial charge is 0.385 e. The van der Waals surface area contributed by atoms with E-state index in [0.717, 1.165) is 37.9 Å². The first-order chi connectivity index (χ1) is 7.77. The van der Waals surface area contributed by atoms with Gasteiger partial charge in [0.15, 0.2) is 0 Å². The third-order valence-corrected chi connectivity index (χ3v) is 2.46. The van der Waals surface area contributed by atoms with Gasteiger partial charge in [-0.2, -0.15) is 0 Å². The van der Waals surface area contributed by atoms with Crippen molar-refractivity contribution in [1.82, 2.24) is 5.32 Å². The lowest BCUT2D eigenvalue weighted by Crippen LogP contribution is -2.26. The summed E-state index contributed by atoms with van der Waals surface area (Å²) >= 11 is 0. The first-order valence-electron chi connectivity index (χ1n) is 5.94. The van der Waals surface area contributed by atoms with Crippen LogP contribution in [0.25, 0.3) is 0 Å². The number of nitrogens with one attached hydrogen (secondary N) is 1. The number of carbonyl (C=O) groups excluding carboxylic acids is 1. The van der Waals surface area contributed by atoms with Gasteiger partial charge in [0.25, 0.3) is 5.91 Å². The van der Waals surface area contributed by atoms with Gasteiger partial charge in [-0.15, -0.1) is 0 Å². The summed E-state index contributed by atoms with van der Waals surface area (Å²) in [5, 5.41) is 2.97. The van der Waals surface area contributed by atoms with Crippen molar-refractivity contribution in [3.05, 3.63) is 23.8 Å². The van der Waals surface area contributed by atoms with E-state index in [0.29, 0.717) is 6.04 Å². The van der Waals surface area contributed by atoms with Crippen molar-refractivity contribution in [2.75, 3.05) is 13.7 Å². The molecule has 2 aliphatic rings. The third-order valence-electron chi connectivity index (χ3n) is 2.46. The third kappa shape index (κ3) is 5.12. The number of ether oxygens (including phenoxy) is 1. The second-order valence-electron chi connectivity index (χ2n) is 3.96. The summed E-state index contributed by atoms with van der Waals surface area (Å²) in [6, 6.07) is 0.466. The van der Waals surface area contributed by atoms with E-state index in [1.165, 1.54) is 0 Å². The topological polar surface area (TPSA) is 38.3 Å². The second kappa shape index (κ2) is 7.23. The second-order valence-corrected chi connectivity index (χ2v) is 3.96. The summed E-state index contributed by atoms with van der Waals surface area (Å²) in [4.78, 5) is 11.4. The van der Waals surface area contributed by atoms with Crippen LogP contribution < -0.4 is 5.32 Å². The molecule has 0 heterocycles. The number of amides is 1. The molecule has 16 heavy (non-hydrogen) atoms. The Morgan fingerprint density at radius 1 is 1.50 bits per heavy atom. The highest BCUT2D eigenvalue weighted by atomic mass is 16.5. The maximum Gasteiger partial charge on any atom is 0.251 e. The number of hydrogen-bond donors (Lipinski definition) is 1. The van der Waals surface area contributed by atoms with Crippen LogP contribution in [0.15, 0.2) is 23.8 Å². The van der Waals surface area contributed by atoms with Crippen molar-refractivity contribution in [1.29, 1.82) is 0 Å². The Morgan fingerprint density at radius 3 is 2.62 bits per heavy atom. The molecular formula is C13H21NO2. The molecule has 0 bridgehead atoms. The van der Waals surface area contributed by atoms with Gasteiger partial charge in [0, 0.05) is 25.3 Å². The van der Waals surface area contributed by atoms with Crippen LogP contribution in [-0.4, -0.2) is 25.7 Å². The molecule has 3 heteroatoms. The van der Waals surface area contributed by atoms with Gasteiger partial charge in [-0.05, 0) is 32.6 Å². The molecule has 1 amide bonds. The minimum Gasteiger partial charge on any atom is -0.385 e. The predicted molar refractivity (Wildman–Crippen MR) is 65.2 cm³/mol. The molecule has 0 spiro atoms. The lowest BCUT2D eigenvalue weighted by atomic mass is 10.1. The minimum atomic E-state index is 0.105. The summed E-state index contributed by atoms with van der Waals surface area (Å²) in [5.41, 5.74) is 0.841. The highest BCUT2D eigenvalue weighted by Gasteiger charge is 2.24. The number of rotatable bonds is 3. The Kier molecular flexibility index (Phi) is 5.86. The molecule has 3 nitrogen and oxygen atoms in total. The Morgan fingerprint density at radius 2 is 2.19 bits per heavy atom. The first kappa shape index (κ1) is 13.0. The Hall–Kier alpha value is -1.09. The molecule has 0 aromatic heterocycles. The minimum absolute atomic E-state index is 0.105. The number of hydrogen-bond acceptors (Lipinski definition) is 2. The molecule has 0 saturated heterocycles. The molecule has 1 N–H and O–H groups in total. The van der Waals surface area contributed by atoms with Crippen molar-refractivity contribution in [2.24, 2.45) is 0 Å². The van der Waals surface area contributed by atoms with Gasteiger partial charge < -0.3 is 10.1 Å². The highest BCUT2D eigenvalue weighted by Crippen LogP contribution is 2.20. The highest BCUT2D eigenvalue weighted by molar-refractivity contribution is 5.96. The van der Waals surface area contributed by atoms with Gasteiger partial charge in [-0.3, -0.25) is 4.79 Å². The molecule has 2 rings (SSSR count). The molecule has 90 valence electrons. The standard InChI is InChI=1S/C10H13NO.C3H8O/c12-10(11-9-6-7-9)8-4-2-1-3-5-8;1-3-4-2/h2,4-5,9H,1,3,6-7H2,(H,11,12);3H2,1-2H3. The van der Waals surface area contributed by atoms with Gasteiger partial charge in [-0.25, -0.2) is 0 Å². The fourth-order valence-corrected chi connectivity index (χ4v) is 1.28. The van der Waals surface area contributed by atoms with Gasteiger partial charge in [-0.1, -0.05) is 18.2 Å². The summed E-state index contributed by atoms with van der Waals surface area (Å²) in [6.45, 7) is 2.78. The molecule has 2 aliphatic carbocycles. The summed E-state index contributed by atoms with van der Waals surface area (Å²) in [5.74, 6) is 0.105. The Balaban J connectivity index is 0.000000280. The SMILES string of the molecule is CCOC.O=C(NC1CC1)C1=CCCC=C1. The predicted octanol–water partition coefficient (Wildman–Crippen LogP) is 2.19. The monoisotopic (exact) mass is 223 g/mol. The van der Waals surface area contributed by atoms with E-state index in [9.17, 15) is 4.79 Å². The first-order valence-corrected chi connectivity index (χ1v) is 5.94. The normalized spacial score (nSPS) is 18.2. The molecule has 0 radical (unpaired) electrons. The van der Waals surface area contributed by atoms with E-state index in [2.05, 4.69) is 16.1 Å². The zero-order valence-corrected chi connectivity index (χ0v) is 10.2. The van der Waals surface area contributed by atoms with Gasteiger partial charge in [0.2, 0.25) is 0 Å². The van der Waals surface area contributed by atoms with Gasteiger partial charge in [0.05, 0.1) is 0 Å². The van der Waals surface area contributed by atoms with Crippen molar-refractivity contribution < 1.29 is 9.53 Å². The number of allylic oxidation sites excluding steroid dienone is 2. The van der Waals surface area contributed by atoms with Crippen LogP contribution in [0.4, 0.5) is 0 Å². The smallest absolute Gasteiger partial charge is 0.251 e.